The minimum atomic E-state index is -0.620. The standard InChI is InChI=1S/C20H19ClFN3O3S/c1-4-16-14(9-26)24-20(29-16)11-8-15(28-3)12(7-13(11)22)19(27)25-17-10(2)5-6-23-18(17)21/h5-8,26H,4,9H2,1-3H3,(H,25,27). The lowest BCUT2D eigenvalue weighted by molar-refractivity contribution is 0.102. The highest BCUT2D eigenvalue weighted by atomic mass is 35.5. The molecular weight excluding hydrogens is 417 g/mol. The number of amides is 1. The molecule has 29 heavy (non-hydrogen) atoms. The van der Waals surface area contributed by atoms with Gasteiger partial charge in [0.05, 0.1) is 30.7 Å². The van der Waals surface area contributed by atoms with Gasteiger partial charge in [0.15, 0.2) is 5.15 Å². The van der Waals surface area contributed by atoms with Crippen molar-refractivity contribution in [3.05, 3.63) is 57.1 Å². The Balaban J connectivity index is 2.00. The second-order valence-electron chi connectivity index (χ2n) is 6.18. The minimum absolute atomic E-state index is 0.0164. The zero-order chi connectivity index (χ0) is 21.1. The van der Waals surface area contributed by atoms with Gasteiger partial charge in [-0.1, -0.05) is 18.5 Å². The molecule has 1 amide bonds. The SMILES string of the molecule is CCc1sc(-c2cc(OC)c(C(=O)Nc3c(C)ccnc3Cl)cc2F)nc1CO. The van der Waals surface area contributed by atoms with Crippen molar-refractivity contribution in [1.29, 1.82) is 0 Å². The Morgan fingerprint density at radius 2 is 2.17 bits per heavy atom. The summed E-state index contributed by atoms with van der Waals surface area (Å²) < 4.78 is 20.2. The molecule has 2 N–H and O–H groups in total. The molecule has 152 valence electrons. The van der Waals surface area contributed by atoms with Crippen LogP contribution in [-0.4, -0.2) is 28.1 Å². The number of aromatic nitrogens is 2. The van der Waals surface area contributed by atoms with Crippen molar-refractivity contribution < 1.29 is 19.0 Å². The number of thiazole rings is 1. The van der Waals surface area contributed by atoms with Gasteiger partial charge < -0.3 is 15.2 Å². The summed E-state index contributed by atoms with van der Waals surface area (Å²) in [6.45, 7) is 3.49. The van der Waals surface area contributed by atoms with Crippen LogP contribution in [0, 0.1) is 12.7 Å². The Morgan fingerprint density at radius 3 is 2.76 bits per heavy atom. The van der Waals surface area contributed by atoms with E-state index in [-0.39, 0.29) is 28.6 Å². The van der Waals surface area contributed by atoms with Crippen molar-refractivity contribution in [2.24, 2.45) is 0 Å². The lowest BCUT2D eigenvalue weighted by Crippen LogP contribution is -2.15. The molecule has 0 fully saturated rings. The number of methoxy groups -OCH3 is 1. The molecule has 0 atom stereocenters. The van der Waals surface area contributed by atoms with Gasteiger partial charge in [0.1, 0.15) is 16.6 Å². The Labute approximate surface area is 176 Å². The van der Waals surface area contributed by atoms with Gasteiger partial charge in [-0.2, -0.15) is 0 Å². The van der Waals surface area contributed by atoms with Crippen molar-refractivity contribution in [1.82, 2.24) is 9.97 Å². The summed E-state index contributed by atoms with van der Waals surface area (Å²) in [6.07, 6.45) is 2.21. The van der Waals surface area contributed by atoms with E-state index < -0.39 is 11.7 Å². The molecule has 0 aliphatic rings. The number of hydrogen-bond acceptors (Lipinski definition) is 6. The van der Waals surface area contributed by atoms with E-state index in [0.29, 0.717) is 22.8 Å². The van der Waals surface area contributed by atoms with Crippen LogP contribution in [0.15, 0.2) is 24.4 Å². The molecule has 3 rings (SSSR count). The van der Waals surface area contributed by atoms with Gasteiger partial charge in [-0.3, -0.25) is 4.79 Å². The average Bonchev–Trinajstić information content (AvgIpc) is 3.13. The third kappa shape index (κ3) is 4.24. The minimum Gasteiger partial charge on any atom is -0.496 e. The smallest absolute Gasteiger partial charge is 0.259 e. The predicted molar refractivity (Wildman–Crippen MR) is 111 cm³/mol. The van der Waals surface area contributed by atoms with Gasteiger partial charge >= 0.3 is 0 Å². The fourth-order valence-corrected chi connectivity index (χ4v) is 4.10. The van der Waals surface area contributed by atoms with Crippen molar-refractivity contribution in [2.45, 2.75) is 26.9 Å². The predicted octanol–water partition coefficient (Wildman–Crippen LogP) is 4.62. The van der Waals surface area contributed by atoms with Crippen LogP contribution >= 0.6 is 22.9 Å². The first-order valence-electron chi connectivity index (χ1n) is 8.79. The number of pyridine rings is 1. The molecule has 6 nitrogen and oxygen atoms in total. The van der Waals surface area contributed by atoms with E-state index in [1.165, 1.54) is 30.7 Å². The first kappa shape index (κ1) is 21.2. The van der Waals surface area contributed by atoms with Gasteiger partial charge in [0, 0.05) is 16.6 Å². The Kier molecular flexibility index (Phi) is 6.46. The van der Waals surface area contributed by atoms with Gasteiger partial charge in [0.25, 0.3) is 5.91 Å². The topological polar surface area (TPSA) is 84.3 Å². The zero-order valence-electron chi connectivity index (χ0n) is 16.0. The number of carbonyl (C=O) groups excluding carboxylic acids is 1. The Morgan fingerprint density at radius 1 is 1.41 bits per heavy atom. The maximum atomic E-state index is 14.9. The molecule has 0 unspecified atom stereocenters. The molecule has 9 heteroatoms. The summed E-state index contributed by atoms with van der Waals surface area (Å²) in [7, 11) is 1.40. The zero-order valence-corrected chi connectivity index (χ0v) is 17.6. The number of nitrogens with one attached hydrogen (secondary N) is 1. The number of halogens is 2. The first-order valence-corrected chi connectivity index (χ1v) is 9.98. The number of aliphatic hydroxyl groups is 1. The van der Waals surface area contributed by atoms with Crippen LogP contribution in [0.2, 0.25) is 5.15 Å². The van der Waals surface area contributed by atoms with E-state index >= 15 is 0 Å². The molecule has 0 bridgehead atoms. The fraction of sp³-hybridized carbons (Fsp3) is 0.250. The third-order valence-electron chi connectivity index (χ3n) is 4.36. The molecule has 0 radical (unpaired) electrons. The van der Waals surface area contributed by atoms with Crippen LogP contribution in [0.3, 0.4) is 0 Å². The molecule has 0 spiro atoms. The van der Waals surface area contributed by atoms with E-state index in [9.17, 15) is 14.3 Å². The largest absolute Gasteiger partial charge is 0.496 e. The van der Waals surface area contributed by atoms with E-state index in [4.69, 9.17) is 16.3 Å². The molecule has 0 saturated carbocycles. The maximum Gasteiger partial charge on any atom is 0.259 e. The summed E-state index contributed by atoms with van der Waals surface area (Å²) >= 11 is 7.36. The highest BCUT2D eigenvalue weighted by Crippen LogP contribution is 2.35. The van der Waals surface area contributed by atoms with E-state index in [1.54, 1.807) is 13.0 Å². The van der Waals surface area contributed by atoms with Crippen molar-refractivity contribution in [2.75, 3.05) is 12.4 Å². The van der Waals surface area contributed by atoms with Crippen molar-refractivity contribution in [3.8, 4) is 16.3 Å². The molecule has 2 aromatic heterocycles. The second-order valence-corrected chi connectivity index (χ2v) is 7.62. The lowest BCUT2D eigenvalue weighted by atomic mass is 10.1. The molecule has 2 heterocycles. The number of aryl methyl sites for hydroxylation is 2. The van der Waals surface area contributed by atoms with Gasteiger partial charge in [-0.25, -0.2) is 14.4 Å². The van der Waals surface area contributed by atoms with Crippen LogP contribution < -0.4 is 10.1 Å². The summed E-state index contributed by atoms with van der Waals surface area (Å²) in [6, 6.07) is 4.24. The first-order chi connectivity index (χ1) is 13.9. The van der Waals surface area contributed by atoms with E-state index in [0.717, 1.165) is 16.5 Å². The van der Waals surface area contributed by atoms with Crippen molar-refractivity contribution >= 4 is 34.5 Å². The summed E-state index contributed by atoms with van der Waals surface area (Å²) in [5.74, 6) is -1.00. The summed E-state index contributed by atoms with van der Waals surface area (Å²) in [5.41, 5.74) is 1.82. The number of benzene rings is 1. The number of rotatable bonds is 6. The monoisotopic (exact) mass is 435 g/mol. The van der Waals surface area contributed by atoms with Gasteiger partial charge in [-0.15, -0.1) is 11.3 Å². The van der Waals surface area contributed by atoms with Gasteiger partial charge in [-0.05, 0) is 37.1 Å². The number of aliphatic hydroxyl groups excluding tert-OH is 1. The third-order valence-corrected chi connectivity index (χ3v) is 5.93. The highest BCUT2D eigenvalue weighted by Gasteiger charge is 2.21. The van der Waals surface area contributed by atoms with Crippen molar-refractivity contribution in [3.63, 3.8) is 0 Å². The number of anilines is 1. The van der Waals surface area contributed by atoms with Crippen LogP contribution in [0.1, 0.15) is 33.4 Å². The van der Waals surface area contributed by atoms with Crippen LogP contribution in [0.5, 0.6) is 5.75 Å². The summed E-state index contributed by atoms with van der Waals surface area (Å²) in [5, 5.41) is 12.7. The number of nitrogens with zero attached hydrogens (tertiary/aromatic N) is 2. The maximum absolute atomic E-state index is 14.9. The highest BCUT2D eigenvalue weighted by molar-refractivity contribution is 7.15. The quantitative estimate of drug-likeness (QED) is 0.552. The van der Waals surface area contributed by atoms with E-state index in [1.807, 2.05) is 6.92 Å². The number of ether oxygens (including phenoxy) is 1. The number of carbonyl (C=O) groups is 1. The Hall–Kier alpha value is -2.55. The molecule has 0 saturated heterocycles. The molecular formula is C20H19ClFN3O3S. The van der Waals surface area contributed by atoms with Crippen LogP contribution in [-0.2, 0) is 13.0 Å². The van der Waals surface area contributed by atoms with E-state index in [2.05, 4.69) is 15.3 Å². The molecule has 0 aliphatic carbocycles. The second kappa shape index (κ2) is 8.86. The van der Waals surface area contributed by atoms with Crippen LogP contribution in [0.4, 0.5) is 10.1 Å². The summed E-state index contributed by atoms with van der Waals surface area (Å²) in [4.78, 5) is 21.9. The lowest BCUT2D eigenvalue weighted by Gasteiger charge is -2.13. The number of hydrogen-bond donors (Lipinski definition) is 2. The average molecular weight is 436 g/mol. The molecule has 3 aromatic rings. The normalized spacial score (nSPS) is 10.8. The fourth-order valence-electron chi connectivity index (χ4n) is 2.82. The van der Waals surface area contributed by atoms with Gasteiger partial charge in [0.2, 0.25) is 0 Å². The van der Waals surface area contributed by atoms with Crippen LogP contribution in [0.25, 0.3) is 10.6 Å². The Bertz CT molecular complexity index is 1030. The molecule has 1 aromatic carbocycles. The molecule has 0 aliphatic heterocycles.